The summed E-state index contributed by atoms with van der Waals surface area (Å²) in [5, 5.41) is 12.9. The second-order valence-corrected chi connectivity index (χ2v) is 6.58. The summed E-state index contributed by atoms with van der Waals surface area (Å²) in [6.07, 6.45) is 3.61. The molecule has 1 N–H and O–H groups in total. The average molecular weight is 349 g/mol. The first-order valence-corrected chi connectivity index (χ1v) is 8.77. The van der Waals surface area contributed by atoms with Crippen molar-refractivity contribution in [2.24, 2.45) is 0 Å². The summed E-state index contributed by atoms with van der Waals surface area (Å²) in [5.41, 5.74) is 3.36. The number of carbonyl (C=O) groups is 1. The minimum atomic E-state index is -0.102. The highest BCUT2D eigenvalue weighted by atomic mass is 32.2. The lowest BCUT2D eigenvalue weighted by Gasteiger charge is -2.09. The molecule has 1 aromatic carbocycles. The van der Waals surface area contributed by atoms with Crippen LogP contribution in [0.15, 0.2) is 60.0 Å². The summed E-state index contributed by atoms with van der Waals surface area (Å²) in [5.74, 6) is 0.146. The monoisotopic (exact) mass is 349 g/mol. The Morgan fingerprint density at radius 1 is 1.20 bits per heavy atom. The molecule has 0 aliphatic heterocycles. The summed E-state index contributed by atoms with van der Waals surface area (Å²) in [6, 6.07) is 13.6. The van der Waals surface area contributed by atoms with Crippen molar-refractivity contribution in [3.05, 3.63) is 60.4 Å². The molecule has 6 nitrogen and oxygen atoms in total. The van der Waals surface area contributed by atoms with E-state index in [0.29, 0.717) is 5.16 Å². The number of benzene rings is 1. The van der Waals surface area contributed by atoms with Crippen LogP contribution in [0.1, 0.15) is 5.56 Å². The van der Waals surface area contributed by atoms with Crippen molar-refractivity contribution in [3.8, 4) is 0 Å². The van der Waals surface area contributed by atoms with Gasteiger partial charge in [-0.05, 0) is 42.8 Å². The largest absolute Gasteiger partial charge is 0.323 e. The molecule has 4 rings (SSSR count). The number of aryl methyl sites for hydroxylation is 1. The minimum absolute atomic E-state index is 0.102. The molecule has 1 amide bonds. The second-order valence-electron chi connectivity index (χ2n) is 5.64. The van der Waals surface area contributed by atoms with Gasteiger partial charge in [0, 0.05) is 17.8 Å². The molecular formula is C18H15N5OS. The number of hydrogen-bond donors (Lipinski definition) is 1. The number of nitrogens with one attached hydrogen (secondary N) is 1. The summed E-state index contributed by atoms with van der Waals surface area (Å²) in [6.45, 7) is 2.00. The van der Waals surface area contributed by atoms with Gasteiger partial charge in [-0.25, -0.2) is 0 Å². The van der Waals surface area contributed by atoms with E-state index < -0.39 is 0 Å². The van der Waals surface area contributed by atoms with Crippen LogP contribution in [0.25, 0.3) is 16.6 Å². The van der Waals surface area contributed by atoms with Crippen LogP contribution in [-0.2, 0) is 4.79 Å². The van der Waals surface area contributed by atoms with Crippen molar-refractivity contribution in [3.63, 3.8) is 0 Å². The number of pyridine rings is 2. The molecule has 0 saturated heterocycles. The van der Waals surface area contributed by atoms with Crippen molar-refractivity contribution in [2.75, 3.05) is 11.1 Å². The fraction of sp³-hybridized carbons (Fsp3) is 0.111. The predicted octanol–water partition coefficient (Wildman–Crippen LogP) is 3.32. The van der Waals surface area contributed by atoms with Crippen LogP contribution in [0.3, 0.4) is 0 Å². The van der Waals surface area contributed by atoms with Gasteiger partial charge in [0.05, 0.1) is 17.0 Å². The molecule has 0 aliphatic rings. The first-order chi connectivity index (χ1) is 12.2. The van der Waals surface area contributed by atoms with Gasteiger partial charge in [0.25, 0.3) is 0 Å². The zero-order chi connectivity index (χ0) is 17.2. The molecule has 0 radical (unpaired) electrons. The van der Waals surface area contributed by atoms with Gasteiger partial charge in [0.2, 0.25) is 5.91 Å². The van der Waals surface area contributed by atoms with Crippen molar-refractivity contribution in [2.45, 2.75) is 12.1 Å². The van der Waals surface area contributed by atoms with Crippen molar-refractivity contribution < 1.29 is 4.79 Å². The molecule has 4 aromatic rings. The smallest absolute Gasteiger partial charge is 0.234 e. The predicted molar refractivity (Wildman–Crippen MR) is 98.8 cm³/mol. The van der Waals surface area contributed by atoms with E-state index >= 15 is 0 Å². The fourth-order valence-electron chi connectivity index (χ4n) is 2.67. The summed E-state index contributed by atoms with van der Waals surface area (Å²) < 4.78 is 1.86. The lowest BCUT2D eigenvalue weighted by Crippen LogP contribution is -2.15. The van der Waals surface area contributed by atoms with Gasteiger partial charge in [0.1, 0.15) is 0 Å². The summed E-state index contributed by atoms with van der Waals surface area (Å²) in [4.78, 5) is 16.8. The van der Waals surface area contributed by atoms with Crippen LogP contribution in [-0.4, -0.2) is 31.2 Å². The molecule has 0 fully saturated rings. The van der Waals surface area contributed by atoms with Gasteiger partial charge >= 0.3 is 0 Å². The molecule has 7 heteroatoms. The lowest BCUT2D eigenvalue weighted by molar-refractivity contribution is -0.113. The van der Waals surface area contributed by atoms with E-state index in [9.17, 15) is 4.79 Å². The Labute approximate surface area is 148 Å². The highest BCUT2D eigenvalue weighted by Crippen LogP contribution is 2.24. The van der Waals surface area contributed by atoms with E-state index in [2.05, 4.69) is 26.6 Å². The van der Waals surface area contributed by atoms with Crippen molar-refractivity contribution in [1.29, 1.82) is 0 Å². The normalized spacial score (nSPS) is 11.1. The van der Waals surface area contributed by atoms with E-state index in [4.69, 9.17) is 0 Å². The highest BCUT2D eigenvalue weighted by Gasteiger charge is 2.11. The number of aromatic nitrogens is 4. The Bertz CT molecular complexity index is 1080. The fourth-order valence-corrected chi connectivity index (χ4v) is 3.40. The van der Waals surface area contributed by atoms with Gasteiger partial charge in [-0.1, -0.05) is 23.9 Å². The summed E-state index contributed by atoms with van der Waals surface area (Å²) >= 11 is 1.35. The average Bonchev–Trinajstić information content (AvgIpc) is 3.03. The van der Waals surface area contributed by atoms with Gasteiger partial charge in [-0.15, -0.1) is 10.2 Å². The number of rotatable bonds is 4. The number of nitrogens with zero attached hydrogens (tertiary/aromatic N) is 4. The molecule has 3 aromatic heterocycles. The molecule has 0 spiro atoms. The van der Waals surface area contributed by atoms with Crippen molar-refractivity contribution in [1.82, 2.24) is 19.6 Å². The van der Waals surface area contributed by atoms with E-state index in [1.807, 2.05) is 53.9 Å². The van der Waals surface area contributed by atoms with Gasteiger partial charge < -0.3 is 5.32 Å². The molecule has 124 valence electrons. The summed E-state index contributed by atoms with van der Waals surface area (Å²) in [7, 11) is 0. The molecule has 0 unspecified atom stereocenters. The van der Waals surface area contributed by atoms with Crippen LogP contribution in [0.4, 0.5) is 5.69 Å². The third kappa shape index (κ3) is 3.18. The minimum Gasteiger partial charge on any atom is -0.323 e. The molecule has 25 heavy (non-hydrogen) atoms. The Morgan fingerprint density at radius 3 is 3.04 bits per heavy atom. The number of hydrogen-bond acceptors (Lipinski definition) is 5. The Balaban J connectivity index is 1.51. The molecule has 3 heterocycles. The number of carbonyl (C=O) groups excluding carboxylic acids is 1. The van der Waals surface area contributed by atoms with Gasteiger partial charge in [0.15, 0.2) is 10.8 Å². The standard InChI is InChI=1S/C18H15N5OS/c1-12-9-13-5-4-7-19-17(13)14(10-12)20-16(24)11-25-18-22-21-15-6-2-3-8-23(15)18/h2-10H,11H2,1H3,(H,20,24). The van der Waals surface area contributed by atoms with E-state index in [-0.39, 0.29) is 11.7 Å². The molecule has 0 bridgehead atoms. The van der Waals surface area contributed by atoms with Gasteiger partial charge in [-0.3, -0.25) is 14.2 Å². The number of thioether (sulfide) groups is 1. The first kappa shape index (κ1) is 15.6. The maximum atomic E-state index is 12.4. The Morgan fingerprint density at radius 2 is 2.12 bits per heavy atom. The lowest BCUT2D eigenvalue weighted by atomic mass is 10.1. The maximum Gasteiger partial charge on any atom is 0.234 e. The number of fused-ring (bicyclic) bond motifs is 2. The van der Waals surface area contributed by atoms with E-state index in [1.54, 1.807) is 6.20 Å². The second kappa shape index (κ2) is 6.52. The van der Waals surface area contributed by atoms with Crippen LogP contribution in [0.2, 0.25) is 0 Å². The number of anilines is 1. The SMILES string of the molecule is Cc1cc(NC(=O)CSc2nnc3ccccn23)c2ncccc2c1. The maximum absolute atomic E-state index is 12.4. The van der Waals surface area contributed by atoms with Crippen LogP contribution >= 0.6 is 11.8 Å². The zero-order valence-corrected chi connectivity index (χ0v) is 14.3. The van der Waals surface area contributed by atoms with Crippen LogP contribution < -0.4 is 5.32 Å². The zero-order valence-electron chi connectivity index (χ0n) is 13.5. The van der Waals surface area contributed by atoms with Crippen molar-refractivity contribution >= 4 is 39.9 Å². The molecule has 0 aliphatic carbocycles. The Kier molecular flexibility index (Phi) is 4.07. The van der Waals surface area contributed by atoms with Gasteiger partial charge in [-0.2, -0.15) is 0 Å². The third-order valence-corrected chi connectivity index (χ3v) is 4.68. The first-order valence-electron chi connectivity index (χ1n) is 7.78. The Hall–Kier alpha value is -2.93. The van der Waals surface area contributed by atoms with Crippen LogP contribution in [0, 0.1) is 6.92 Å². The topological polar surface area (TPSA) is 72.2 Å². The molecular weight excluding hydrogens is 334 g/mol. The van der Waals surface area contributed by atoms with E-state index in [1.165, 1.54) is 11.8 Å². The molecule has 0 atom stereocenters. The highest BCUT2D eigenvalue weighted by molar-refractivity contribution is 7.99. The van der Waals surface area contributed by atoms with Crippen LogP contribution in [0.5, 0.6) is 0 Å². The third-order valence-electron chi connectivity index (χ3n) is 3.74. The quantitative estimate of drug-likeness (QED) is 0.572. The van der Waals surface area contributed by atoms with E-state index in [0.717, 1.165) is 27.8 Å². The molecule has 0 saturated carbocycles. The number of amides is 1.